The number of hydrogen-bond donors (Lipinski definition) is 0. The highest BCUT2D eigenvalue weighted by molar-refractivity contribution is 7.85. The molecule has 0 aliphatic heterocycles. The van der Waals surface area contributed by atoms with E-state index in [1.807, 2.05) is 28.1 Å². The van der Waals surface area contributed by atoms with E-state index in [9.17, 15) is 22.4 Å². The van der Waals surface area contributed by atoms with Crippen molar-refractivity contribution in [2.45, 2.75) is 13.8 Å². The lowest BCUT2D eigenvalue weighted by molar-refractivity contribution is -0.887. The van der Waals surface area contributed by atoms with E-state index in [0.717, 1.165) is 0 Å². The van der Waals surface area contributed by atoms with Gasteiger partial charge >= 0.3 is 0 Å². The van der Waals surface area contributed by atoms with Crippen molar-refractivity contribution in [1.82, 2.24) is 0 Å². The van der Waals surface area contributed by atoms with Crippen molar-refractivity contribution in [2.75, 3.05) is 61.0 Å². The van der Waals surface area contributed by atoms with Crippen molar-refractivity contribution >= 4 is 17.9 Å². The molecule has 1 unspecified atom stereocenters. The van der Waals surface area contributed by atoms with E-state index in [1.165, 1.54) is 0 Å². The molecular formula is C11H29N2O7PS. The summed E-state index contributed by atoms with van der Waals surface area (Å²) < 4.78 is 51.2. The van der Waals surface area contributed by atoms with Crippen molar-refractivity contribution in [3.63, 3.8) is 0 Å². The van der Waals surface area contributed by atoms with E-state index in [4.69, 9.17) is 0 Å². The van der Waals surface area contributed by atoms with E-state index in [1.54, 1.807) is 21.0 Å². The lowest BCUT2D eigenvalue weighted by Gasteiger charge is -2.28. The summed E-state index contributed by atoms with van der Waals surface area (Å²) in [5.74, 6) is -0.330. The molecule has 0 saturated heterocycles. The zero-order valence-electron chi connectivity index (χ0n) is 14.4. The summed E-state index contributed by atoms with van der Waals surface area (Å²) in [6, 6.07) is 0. The molecular weight excluding hydrogens is 335 g/mol. The molecule has 11 heteroatoms. The van der Waals surface area contributed by atoms with Gasteiger partial charge in [0.05, 0.1) is 48.4 Å². The Morgan fingerprint density at radius 2 is 1.50 bits per heavy atom. The Labute approximate surface area is 134 Å². The Hall–Kier alpha value is -0.0600. The molecule has 9 nitrogen and oxygen atoms in total. The molecule has 0 radical (unpaired) electrons. The van der Waals surface area contributed by atoms with Crippen LogP contribution in [0.2, 0.25) is 0 Å². The maximum atomic E-state index is 10.9. The molecule has 0 aromatic carbocycles. The van der Waals surface area contributed by atoms with Gasteiger partial charge in [-0.25, -0.2) is 8.42 Å². The largest absolute Gasteiger partial charge is 0.756 e. The van der Waals surface area contributed by atoms with Crippen molar-refractivity contribution in [3.8, 4) is 0 Å². The molecule has 0 rings (SSSR count). The van der Waals surface area contributed by atoms with Gasteiger partial charge in [0.1, 0.15) is 10.1 Å². The SMILES string of the molecule is CCOP(=O)([O-])OC[N+](C)(C)C.CC[N+](C)(C)CS(=O)(=O)[O-]. The summed E-state index contributed by atoms with van der Waals surface area (Å²) in [6.45, 7) is 4.27. The van der Waals surface area contributed by atoms with Crippen LogP contribution in [0.1, 0.15) is 13.8 Å². The van der Waals surface area contributed by atoms with Crippen LogP contribution in [-0.2, 0) is 23.7 Å². The normalized spacial score (nSPS) is 15.7. The standard InChI is InChI=1S/C6H16NO4P.C5H13NO3S/c1-5-10-12(8,9)11-6-7(2,3)4;1-4-6(2,3)5-10(7,8)9/h5-6H2,1-4H3;4-5H2,1-3H3. The van der Waals surface area contributed by atoms with E-state index in [-0.39, 0.29) is 23.7 Å². The highest BCUT2D eigenvalue weighted by Gasteiger charge is 2.15. The van der Waals surface area contributed by atoms with Crippen LogP contribution >= 0.6 is 7.82 Å². The zero-order valence-corrected chi connectivity index (χ0v) is 16.1. The first-order valence-corrected chi connectivity index (χ1v) is 9.73. The molecule has 0 heterocycles. The number of phosphoric acid groups is 1. The molecule has 0 aliphatic rings. The van der Waals surface area contributed by atoms with Crippen LogP contribution in [0.25, 0.3) is 0 Å². The molecule has 0 N–H and O–H groups in total. The summed E-state index contributed by atoms with van der Waals surface area (Å²) in [7, 11) is 0.757. The lowest BCUT2D eigenvalue weighted by Crippen LogP contribution is -2.43. The molecule has 0 spiro atoms. The summed E-state index contributed by atoms with van der Waals surface area (Å²) in [6.07, 6.45) is 0. The van der Waals surface area contributed by atoms with Crippen LogP contribution in [-0.4, -0.2) is 82.9 Å². The Morgan fingerprint density at radius 3 is 1.73 bits per heavy atom. The Morgan fingerprint density at radius 1 is 1.05 bits per heavy atom. The average Bonchev–Trinajstić information content (AvgIpc) is 2.23. The Kier molecular flexibility index (Phi) is 10.2. The first-order valence-electron chi connectivity index (χ1n) is 6.70. The third-order valence-corrected chi connectivity index (χ3v) is 4.28. The fraction of sp³-hybridized carbons (Fsp3) is 1.00. The van der Waals surface area contributed by atoms with Crippen molar-refractivity contribution in [3.05, 3.63) is 0 Å². The molecule has 0 fully saturated rings. The molecule has 1 atom stereocenters. The minimum atomic E-state index is -4.07. The van der Waals surface area contributed by atoms with E-state index >= 15 is 0 Å². The molecule has 0 bridgehead atoms. The van der Waals surface area contributed by atoms with E-state index < -0.39 is 17.9 Å². The quantitative estimate of drug-likeness (QED) is 0.252. The molecule has 0 amide bonds. The second-order valence-corrected chi connectivity index (χ2v) is 9.14. The maximum absolute atomic E-state index is 10.9. The van der Waals surface area contributed by atoms with E-state index in [2.05, 4.69) is 9.05 Å². The van der Waals surface area contributed by atoms with Gasteiger partial charge in [0, 0.05) is 0 Å². The smallest absolute Gasteiger partial charge is 0.272 e. The summed E-state index contributed by atoms with van der Waals surface area (Å²) in [4.78, 5) is 10.9. The Balaban J connectivity index is 0. The predicted molar refractivity (Wildman–Crippen MR) is 80.4 cm³/mol. The van der Waals surface area contributed by atoms with Crippen LogP contribution in [0.15, 0.2) is 0 Å². The van der Waals surface area contributed by atoms with Gasteiger partial charge in [0.15, 0.2) is 12.6 Å². The summed E-state index contributed by atoms with van der Waals surface area (Å²) >= 11 is 0. The monoisotopic (exact) mass is 364 g/mol. The van der Waals surface area contributed by atoms with Gasteiger partial charge in [0.2, 0.25) is 0 Å². The number of quaternary nitrogens is 2. The van der Waals surface area contributed by atoms with Crippen LogP contribution in [0.4, 0.5) is 0 Å². The summed E-state index contributed by atoms with van der Waals surface area (Å²) in [5, 5.41) is 0. The molecule has 136 valence electrons. The lowest BCUT2D eigenvalue weighted by atomic mass is 10.6. The van der Waals surface area contributed by atoms with Crippen LogP contribution in [0.5, 0.6) is 0 Å². The first kappa shape index (κ1) is 24.2. The second-order valence-electron chi connectivity index (χ2n) is 6.35. The number of nitrogens with zero attached hydrogens (tertiary/aromatic N) is 2. The van der Waals surface area contributed by atoms with Crippen LogP contribution in [0.3, 0.4) is 0 Å². The predicted octanol–water partition coefficient (Wildman–Crippen LogP) is -0.243. The van der Waals surface area contributed by atoms with Crippen molar-refractivity contribution in [1.29, 1.82) is 0 Å². The van der Waals surface area contributed by atoms with Crippen LogP contribution in [0, 0.1) is 0 Å². The van der Waals surface area contributed by atoms with Gasteiger partial charge in [-0.15, -0.1) is 0 Å². The maximum Gasteiger partial charge on any atom is 0.272 e. The topological polar surface area (TPSA) is 116 Å². The molecule has 0 aliphatic carbocycles. The number of rotatable bonds is 8. The minimum absolute atomic E-state index is 0.0841. The van der Waals surface area contributed by atoms with Gasteiger partial charge in [-0.2, -0.15) is 0 Å². The third kappa shape index (κ3) is 18.0. The highest BCUT2D eigenvalue weighted by atomic mass is 32.2. The van der Waals surface area contributed by atoms with Crippen molar-refractivity contribution < 1.29 is 40.4 Å². The number of hydrogen-bond acceptors (Lipinski definition) is 7. The molecule has 22 heavy (non-hydrogen) atoms. The van der Waals surface area contributed by atoms with Crippen LogP contribution < -0.4 is 4.89 Å². The van der Waals surface area contributed by atoms with Gasteiger partial charge in [-0.1, -0.05) is 0 Å². The highest BCUT2D eigenvalue weighted by Crippen LogP contribution is 2.38. The van der Waals surface area contributed by atoms with E-state index in [0.29, 0.717) is 11.0 Å². The van der Waals surface area contributed by atoms with Gasteiger partial charge in [-0.05, 0) is 13.8 Å². The number of phosphoric ester groups is 1. The minimum Gasteiger partial charge on any atom is -0.756 e. The van der Waals surface area contributed by atoms with Gasteiger partial charge < -0.3 is 22.9 Å². The molecule has 0 aromatic rings. The fourth-order valence-electron chi connectivity index (χ4n) is 0.959. The zero-order chi connectivity index (χ0) is 18.2. The van der Waals surface area contributed by atoms with Gasteiger partial charge in [0.25, 0.3) is 7.82 Å². The average molecular weight is 364 g/mol. The second kappa shape index (κ2) is 9.29. The third-order valence-electron chi connectivity index (χ3n) is 2.25. The molecule has 0 saturated carbocycles. The van der Waals surface area contributed by atoms with Gasteiger partial charge in [-0.3, -0.25) is 9.09 Å². The Bertz CT molecular complexity index is 460. The molecule has 0 aromatic heterocycles. The summed E-state index contributed by atoms with van der Waals surface area (Å²) in [5.41, 5.74) is 0. The fourth-order valence-corrected chi connectivity index (χ4v) is 2.88. The van der Waals surface area contributed by atoms with Crippen molar-refractivity contribution in [2.24, 2.45) is 0 Å². The first-order chi connectivity index (χ1) is 9.54.